The largest absolute Gasteiger partial charge is 0.375 e. The maximum atomic E-state index is 13.8. The van der Waals surface area contributed by atoms with E-state index in [0.29, 0.717) is 24.7 Å². The van der Waals surface area contributed by atoms with Gasteiger partial charge in [0.25, 0.3) is 15.9 Å². The lowest BCUT2D eigenvalue weighted by molar-refractivity contribution is -0.122. The second kappa shape index (κ2) is 7.00. The molecule has 0 saturated carbocycles. The molecule has 0 spiro atoms. The molecule has 0 fully saturated rings. The number of carbonyl (C=O) groups is 1. The fraction of sp³-hybridized carbons (Fsp3) is 0.235. The number of carbonyl (C=O) groups excluding carboxylic acids is 1. The molecule has 26 heavy (non-hydrogen) atoms. The highest BCUT2D eigenvalue weighted by Crippen LogP contribution is 2.31. The van der Waals surface area contributed by atoms with E-state index in [1.807, 2.05) is 0 Å². The van der Waals surface area contributed by atoms with Crippen molar-refractivity contribution in [3.8, 4) is 0 Å². The summed E-state index contributed by atoms with van der Waals surface area (Å²) < 4.78 is 58.5. The maximum absolute atomic E-state index is 13.8. The van der Waals surface area contributed by atoms with Crippen LogP contribution in [0.1, 0.15) is 5.56 Å². The van der Waals surface area contributed by atoms with Crippen LogP contribution in [-0.4, -0.2) is 34.6 Å². The Kier molecular flexibility index (Phi) is 4.92. The Morgan fingerprint density at radius 3 is 2.69 bits per heavy atom. The summed E-state index contributed by atoms with van der Waals surface area (Å²) in [4.78, 5) is 12.9. The summed E-state index contributed by atoms with van der Waals surface area (Å²) in [6.45, 7) is 0.429. The molecule has 0 atom stereocenters. The highest BCUT2D eigenvalue weighted by molar-refractivity contribution is 7.92. The standard InChI is InChI=1S/C17H16F2N2O4S/c1-25-10-17(22)21-7-6-11-8-13(3-4-15(11)21)20-26(23,24)16-5-2-12(18)9-14(16)19/h2-5,8-9,20H,6-7,10H2,1H3. The summed E-state index contributed by atoms with van der Waals surface area (Å²) in [7, 11) is -2.78. The number of benzene rings is 2. The number of amides is 1. The van der Waals surface area contributed by atoms with Gasteiger partial charge in [-0.1, -0.05) is 0 Å². The number of methoxy groups -OCH3 is 1. The minimum absolute atomic E-state index is 0.0440. The highest BCUT2D eigenvalue weighted by atomic mass is 32.2. The number of nitrogens with one attached hydrogen (secondary N) is 1. The van der Waals surface area contributed by atoms with Gasteiger partial charge in [-0.3, -0.25) is 9.52 Å². The summed E-state index contributed by atoms with van der Waals surface area (Å²) in [6.07, 6.45) is 0.561. The number of hydrogen-bond acceptors (Lipinski definition) is 4. The van der Waals surface area contributed by atoms with Crippen molar-refractivity contribution in [1.82, 2.24) is 0 Å². The topological polar surface area (TPSA) is 75.7 Å². The molecule has 6 nitrogen and oxygen atoms in total. The quantitative estimate of drug-likeness (QED) is 0.861. The molecule has 1 heterocycles. The van der Waals surface area contributed by atoms with Gasteiger partial charge in [-0.15, -0.1) is 0 Å². The predicted octanol–water partition coefficient (Wildman–Crippen LogP) is 2.30. The normalized spacial score (nSPS) is 13.6. The van der Waals surface area contributed by atoms with Gasteiger partial charge in [0.1, 0.15) is 23.1 Å². The Morgan fingerprint density at radius 2 is 2.00 bits per heavy atom. The van der Waals surface area contributed by atoms with Crippen molar-refractivity contribution in [2.45, 2.75) is 11.3 Å². The van der Waals surface area contributed by atoms with E-state index in [9.17, 15) is 22.0 Å². The Labute approximate surface area is 149 Å². The zero-order valence-corrected chi connectivity index (χ0v) is 14.6. The van der Waals surface area contributed by atoms with Crippen LogP contribution in [0.25, 0.3) is 0 Å². The molecular formula is C17H16F2N2O4S. The maximum Gasteiger partial charge on any atom is 0.264 e. The molecule has 0 bridgehead atoms. The summed E-state index contributed by atoms with van der Waals surface area (Å²) in [5.74, 6) is -2.22. The lowest BCUT2D eigenvalue weighted by atomic mass is 10.1. The molecule has 0 aromatic heterocycles. The Bertz CT molecular complexity index is 963. The van der Waals surface area contributed by atoms with Crippen LogP contribution in [0.5, 0.6) is 0 Å². The van der Waals surface area contributed by atoms with E-state index >= 15 is 0 Å². The number of halogens is 2. The van der Waals surface area contributed by atoms with Crippen LogP contribution in [0, 0.1) is 11.6 Å². The molecule has 1 aliphatic heterocycles. The number of rotatable bonds is 5. The van der Waals surface area contributed by atoms with Gasteiger partial charge < -0.3 is 9.64 Å². The van der Waals surface area contributed by atoms with E-state index in [1.54, 1.807) is 17.0 Å². The Morgan fingerprint density at radius 1 is 1.23 bits per heavy atom. The lowest BCUT2D eigenvalue weighted by Gasteiger charge is -2.17. The smallest absolute Gasteiger partial charge is 0.264 e. The van der Waals surface area contributed by atoms with Gasteiger partial charge in [0, 0.05) is 31.1 Å². The molecule has 138 valence electrons. The first-order valence-corrected chi connectivity index (χ1v) is 9.20. The highest BCUT2D eigenvalue weighted by Gasteiger charge is 2.26. The van der Waals surface area contributed by atoms with E-state index in [-0.39, 0.29) is 18.2 Å². The van der Waals surface area contributed by atoms with Gasteiger partial charge in [-0.2, -0.15) is 0 Å². The minimum Gasteiger partial charge on any atom is -0.375 e. The van der Waals surface area contributed by atoms with Gasteiger partial charge >= 0.3 is 0 Å². The van der Waals surface area contributed by atoms with Gasteiger partial charge in [0.05, 0.1) is 0 Å². The van der Waals surface area contributed by atoms with Gasteiger partial charge in [-0.25, -0.2) is 17.2 Å². The van der Waals surface area contributed by atoms with Crippen LogP contribution >= 0.6 is 0 Å². The molecule has 2 aromatic rings. The van der Waals surface area contributed by atoms with Crippen molar-refractivity contribution in [3.05, 3.63) is 53.6 Å². The molecule has 0 radical (unpaired) electrons. The molecule has 0 aliphatic carbocycles. The monoisotopic (exact) mass is 382 g/mol. The molecular weight excluding hydrogens is 366 g/mol. The van der Waals surface area contributed by atoms with Crippen LogP contribution in [-0.2, 0) is 26.0 Å². The van der Waals surface area contributed by atoms with Crippen LogP contribution < -0.4 is 9.62 Å². The molecule has 1 amide bonds. The van der Waals surface area contributed by atoms with E-state index in [1.165, 1.54) is 13.2 Å². The van der Waals surface area contributed by atoms with Crippen molar-refractivity contribution in [2.24, 2.45) is 0 Å². The van der Waals surface area contributed by atoms with Crippen LogP contribution in [0.15, 0.2) is 41.3 Å². The average Bonchev–Trinajstić information content (AvgIpc) is 2.97. The van der Waals surface area contributed by atoms with E-state index in [4.69, 9.17) is 4.74 Å². The number of fused-ring (bicyclic) bond motifs is 1. The van der Waals surface area contributed by atoms with E-state index in [0.717, 1.165) is 17.7 Å². The molecule has 9 heteroatoms. The fourth-order valence-electron chi connectivity index (χ4n) is 2.83. The molecule has 0 saturated heterocycles. The van der Waals surface area contributed by atoms with Crippen LogP contribution in [0.2, 0.25) is 0 Å². The average molecular weight is 382 g/mol. The van der Waals surface area contributed by atoms with Crippen LogP contribution in [0.3, 0.4) is 0 Å². The van der Waals surface area contributed by atoms with E-state index < -0.39 is 26.6 Å². The first-order chi connectivity index (χ1) is 12.3. The third-order valence-electron chi connectivity index (χ3n) is 3.98. The first-order valence-electron chi connectivity index (χ1n) is 7.72. The SMILES string of the molecule is COCC(=O)N1CCc2cc(NS(=O)(=O)c3ccc(F)cc3F)ccc21. The zero-order chi connectivity index (χ0) is 18.9. The number of sulfonamides is 1. The van der Waals surface area contributed by atoms with Crippen molar-refractivity contribution < 1.29 is 26.7 Å². The van der Waals surface area contributed by atoms with Crippen molar-refractivity contribution in [1.29, 1.82) is 0 Å². The fourth-order valence-corrected chi connectivity index (χ4v) is 3.94. The number of ether oxygens (including phenoxy) is 1. The predicted molar refractivity (Wildman–Crippen MR) is 91.5 cm³/mol. The molecule has 3 rings (SSSR count). The Balaban J connectivity index is 1.85. The summed E-state index contributed by atoms with van der Waals surface area (Å²) in [5.41, 5.74) is 1.70. The second-order valence-corrected chi connectivity index (χ2v) is 7.40. The minimum atomic E-state index is -4.21. The molecule has 2 aromatic carbocycles. The second-order valence-electron chi connectivity index (χ2n) is 5.75. The van der Waals surface area contributed by atoms with Gasteiger partial charge in [0.2, 0.25) is 0 Å². The summed E-state index contributed by atoms with van der Waals surface area (Å²) >= 11 is 0. The first kappa shape index (κ1) is 18.3. The third kappa shape index (κ3) is 3.54. The molecule has 1 aliphatic rings. The molecule has 1 N–H and O–H groups in total. The van der Waals surface area contributed by atoms with Crippen molar-refractivity contribution >= 4 is 27.3 Å². The molecule has 0 unspecified atom stereocenters. The third-order valence-corrected chi connectivity index (χ3v) is 5.39. The van der Waals surface area contributed by atoms with Gasteiger partial charge in [-0.05, 0) is 42.3 Å². The number of nitrogens with zero attached hydrogens (tertiary/aromatic N) is 1. The zero-order valence-electron chi connectivity index (χ0n) is 13.8. The number of anilines is 2. The summed E-state index contributed by atoms with van der Waals surface area (Å²) in [5, 5.41) is 0. The lowest BCUT2D eigenvalue weighted by Crippen LogP contribution is -2.31. The van der Waals surface area contributed by atoms with Crippen molar-refractivity contribution in [2.75, 3.05) is 29.9 Å². The van der Waals surface area contributed by atoms with Crippen LogP contribution in [0.4, 0.5) is 20.2 Å². The van der Waals surface area contributed by atoms with E-state index in [2.05, 4.69) is 4.72 Å². The Hall–Kier alpha value is -2.52. The van der Waals surface area contributed by atoms with Crippen molar-refractivity contribution in [3.63, 3.8) is 0 Å². The number of hydrogen-bond donors (Lipinski definition) is 1. The van der Waals surface area contributed by atoms with Gasteiger partial charge in [0.15, 0.2) is 0 Å². The summed E-state index contributed by atoms with van der Waals surface area (Å²) in [6, 6.07) is 6.95.